The van der Waals surface area contributed by atoms with Crippen LogP contribution in [0.15, 0.2) is 6.07 Å². The number of aromatic nitrogens is 2. The van der Waals surface area contributed by atoms with Crippen LogP contribution in [0.2, 0.25) is 5.28 Å². The third-order valence-corrected chi connectivity index (χ3v) is 5.00. The van der Waals surface area contributed by atoms with Gasteiger partial charge in [-0.25, -0.2) is 9.97 Å². The van der Waals surface area contributed by atoms with Gasteiger partial charge < -0.3 is 10.0 Å². The molecule has 2 aliphatic rings. The average molecular weight is 350 g/mol. The number of rotatable bonds is 2. The van der Waals surface area contributed by atoms with E-state index >= 15 is 0 Å². The summed E-state index contributed by atoms with van der Waals surface area (Å²) in [5, 5.41) is 8.54. The van der Waals surface area contributed by atoms with Crippen molar-refractivity contribution in [3.63, 3.8) is 0 Å². The number of hydrogen-bond donors (Lipinski definition) is 1. The second-order valence-corrected chi connectivity index (χ2v) is 6.65. The van der Waals surface area contributed by atoms with Crippen molar-refractivity contribution in [2.45, 2.75) is 31.9 Å². The van der Waals surface area contributed by atoms with Gasteiger partial charge in [0.2, 0.25) is 5.28 Å². The molecule has 3 rings (SSSR count). The molecule has 1 aliphatic carbocycles. The molecule has 0 amide bonds. The molecule has 0 atom stereocenters. The fraction of sp³-hybridized carbons (Fsp3) is 0.643. The third-order valence-electron chi connectivity index (χ3n) is 4.83. The Kier molecular flexibility index (Phi) is 3.90. The Morgan fingerprint density at radius 3 is 2.43 bits per heavy atom. The number of piperidine rings is 1. The molecule has 1 aromatic rings. The molecule has 126 valence electrons. The molecule has 23 heavy (non-hydrogen) atoms. The van der Waals surface area contributed by atoms with Crippen molar-refractivity contribution in [1.82, 2.24) is 9.97 Å². The maximum absolute atomic E-state index is 12.8. The minimum Gasteiger partial charge on any atom is -0.481 e. The summed E-state index contributed by atoms with van der Waals surface area (Å²) in [4.78, 5) is 19.8. The van der Waals surface area contributed by atoms with Crippen molar-refractivity contribution >= 4 is 23.4 Å². The van der Waals surface area contributed by atoms with Gasteiger partial charge in [-0.1, -0.05) is 0 Å². The smallest absolute Gasteiger partial charge is 0.433 e. The number of nitrogens with zero attached hydrogens (tertiary/aromatic N) is 3. The number of carboxylic acid groups (broad SMARTS) is 1. The average Bonchev–Trinajstić information content (AvgIpc) is 2.43. The number of aliphatic carboxylic acids is 1. The van der Waals surface area contributed by atoms with Crippen LogP contribution in [0, 0.1) is 11.3 Å². The highest BCUT2D eigenvalue weighted by atomic mass is 35.5. The van der Waals surface area contributed by atoms with Crippen LogP contribution in [0.25, 0.3) is 0 Å². The zero-order valence-corrected chi connectivity index (χ0v) is 12.9. The van der Waals surface area contributed by atoms with Gasteiger partial charge in [0.1, 0.15) is 5.82 Å². The number of anilines is 1. The first-order valence-corrected chi connectivity index (χ1v) is 7.66. The molecule has 1 spiro atoms. The molecular formula is C14H15ClF3N3O2. The first-order valence-electron chi connectivity index (χ1n) is 7.28. The van der Waals surface area contributed by atoms with E-state index in [-0.39, 0.29) is 17.2 Å². The first-order chi connectivity index (χ1) is 10.7. The summed E-state index contributed by atoms with van der Waals surface area (Å²) >= 11 is 5.61. The largest absolute Gasteiger partial charge is 0.481 e. The van der Waals surface area contributed by atoms with Crippen molar-refractivity contribution in [2.24, 2.45) is 11.3 Å². The summed E-state index contributed by atoms with van der Waals surface area (Å²) < 4.78 is 38.4. The Labute approximate surface area is 135 Å². The number of carbonyl (C=O) groups is 1. The van der Waals surface area contributed by atoms with Crippen LogP contribution in [0.4, 0.5) is 19.0 Å². The Morgan fingerprint density at radius 2 is 1.91 bits per heavy atom. The topological polar surface area (TPSA) is 66.3 Å². The normalized spacial score (nSPS) is 21.3. The number of alkyl halides is 3. The van der Waals surface area contributed by atoms with E-state index in [2.05, 4.69) is 9.97 Å². The van der Waals surface area contributed by atoms with Gasteiger partial charge in [-0.15, -0.1) is 0 Å². The third kappa shape index (κ3) is 3.22. The van der Waals surface area contributed by atoms with E-state index in [1.807, 2.05) is 0 Å². The van der Waals surface area contributed by atoms with Crippen LogP contribution < -0.4 is 4.90 Å². The lowest BCUT2D eigenvalue weighted by atomic mass is 9.57. The maximum Gasteiger partial charge on any atom is 0.433 e. The van der Waals surface area contributed by atoms with E-state index < -0.39 is 23.1 Å². The minimum atomic E-state index is -4.57. The summed E-state index contributed by atoms with van der Waals surface area (Å²) in [6.45, 7) is 1.08. The summed E-state index contributed by atoms with van der Waals surface area (Å²) in [7, 11) is 0. The van der Waals surface area contributed by atoms with E-state index in [1.165, 1.54) is 0 Å². The molecule has 0 aromatic carbocycles. The van der Waals surface area contributed by atoms with E-state index in [4.69, 9.17) is 16.7 Å². The molecule has 1 saturated heterocycles. The highest BCUT2D eigenvalue weighted by Crippen LogP contribution is 2.52. The standard InChI is InChI=1S/C14H15ClF3N3O2/c15-12-19-9(14(16,17)18)5-10(20-12)21-3-1-13(2-4-21)6-8(7-13)11(22)23/h5,8H,1-4,6-7H2,(H,22,23). The van der Waals surface area contributed by atoms with E-state index in [0.29, 0.717) is 25.9 Å². The predicted molar refractivity (Wildman–Crippen MR) is 76.3 cm³/mol. The summed E-state index contributed by atoms with van der Waals surface area (Å²) in [5.41, 5.74) is -1.04. The molecule has 2 fully saturated rings. The number of carboxylic acids is 1. The maximum atomic E-state index is 12.8. The molecule has 2 heterocycles. The van der Waals surface area contributed by atoms with Crippen LogP contribution in [0.5, 0.6) is 0 Å². The zero-order valence-electron chi connectivity index (χ0n) is 12.1. The van der Waals surface area contributed by atoms with Crippen LogP contribution in [0.3, 0.4) is 0 Å². The SMILES string of the molecule is O=C(O)C1CC2(CCN(c3cc(C(F)(F)F)nc(Cl)n3)CC2)C1. The molecule has 1 aliphatic heterocycles. The molecule has 0 radical (unpaired) electrons. The lowest BCUT2D eigenvalue weighted by molar-refractivity contribution is -0.151. The van der Waals surface area contributed by atoms with Crippen molar-refractivity contribution in [1.29, 1.82) is 0 Å². The second kappa shape index (κ2) is 5.51. The quantitative estimate of drug-likeness (QED) is 0.830. The van der Waals surface area contributed by atoms with Crippen LogP contribution in [-0.2, 0) is 11.0 Å². The van der Waals surface area contributed by atoms with Crippen LogP contribution in [-0.4, -0.2) is 34.1 Å². The zero-order chi connectivity index (χ0) is 16.8. The Hall–Kier alpha value is -1.57. The van der Waals surface area contributed by atoms with Gasteiger partial charge in [-0.3, -0.25) is 4.79 Å². The Balaban J connectivity index is 1.69. The molecule has 5 nitrogen and oxygen atoms in total. The summed E-state index contributed by atoms with van der Waals surface area (Å²) in [5.74, 6) is -0.886. The highest BCUT2D eigenvalue weighted by Gasteiger charge is 2.48. The van der Waals surface area contributed by atoms with Crippen molar-refractivity contribution in [3.8, 4) is 0 Å². The second-order valence-electron chi connectivity index (χ2n) is 6.31. The van der Waals surface area contributed by atoms with E-state index in [0.717, 1.165) is 18.9 Å². The fourth-order valence-corrected chi connectivity index (χ4v) is 3.67. The monoisotopic (exact) mass is 349 g/mol. The van der Waals surface area contributed by atoms with Crippen molar-refractivity contribution in [3.05, 3.63) is 17.0 Å². The molecule has 0 bridgehead atoms. The molecule has 0 unspecified atom stereocenters. The molecule has 1 N–H and O–H groups in total. The molecule has 1 aromatic heterocycles. The van der Waals surface area contributed by atoms with Crippen molar-refractivity contribution in [2.75, 3.05) is 18.0 Å². The van der Waals surface area contributed by atoms with Gasteiger partial charge in [0.15, 0.2) is 5.69 Å². The predicted octanol–water partition coefficient (Wildman–Crippen LogP) is 3.23. The van der Waals surface area contributed by atoms with E-state index in [9.17, 15) is 18.0 Å². The Morgan fingerprint density at radius 1 is 1.30 bits per heavy atom. The Bertz CT molecular complexity index is 622. The summed E-state index contributed by atoms with van der Waals surface area (Å²) in [6.07, 6.45) is -1.77. The highest BCUT2D eigenvalue weighted by molar-refractivity contribution is 6.28. The first kappa shape index (κ1) is 16.3. The van der Waals surface area contributed by atoms with Gasteiger partial charge in [0, 0.05) is 19.2 Å². The van der Waals surface area contributed by atoms with Crippen LogP contribution in [0.1, 0.15) is 31.4 Å². The lowest BCUT2D eigenvalue weighted by Gasteiger charge is -2.51. The minimum absolute atomic E-state index is 0.0171. The number of hydrogen-bond acceptors (Lipinski definition) is 4. The van der Waals surface area contributed by atoms with Gasteiger partial charge in [-0.2, -0.15) is 13.2 Å². The molecule has 1 saturated carbocycles. The lowest BCUT2D eigenvalue weighted by Crippen LogP contribution is -2.49. The fourth-order valence-electron chi connectivity index (χ4n) is 3.49. The van der Waals surface area contributed by atoms with Gasteiger partial charge >= 0.3 is 12.1 Å². The van der Waals surface area contributed by atoms with Gasteiger partial charge in [-0.05, 0) is 42.7 Å². The number of halogens is 4. The van der Waals surface area contributed by atoms with Crippen LogP contribution >= 0.6 is 11.6 Å². The molecular weight excluding hydrogens is 335 g/mol. The van der Waals surface area contributed by atoms with Crippen molar-refractivity contribution < 1.29 is 23.1 Å². The molecule has 9 heteroatoms. The summed E-state index contributed by atoms with van der Waals surface area (Å²) in [6, 6.07) is 0.907. The van der Waals surface area contributed by atoms with Gasteiger partial charge in [0.05, 0.1) is 5.92 Å². The van der Waals surface area contributed by atoms with Gasteiger partial charge in [0.25, 0.3) is 0 Å². The van der Waals surface area contributed by atoms with E-state index in [1.54, 1.807) is 4.90 Å².